The number of nitrogens with two attached hydrogens (primary N) is 1. The fourth-order valence-corrected chi connectivity index (χ4v) is 3.62. The molecule has 0 unspecified atom stereocenters. The van der Waals surface area contributed by atoms with Crippen molar-refractivity contribution in [1.82, 2.24) is 15.0 Å². The maximum Gasteiger partial charge on any atom is 0.194 e. The SMILES string of the molecule is Cc1ccc(-n2cc(C(C)(C)N)nn2)cc1C(=O)c1ccc(Nc2ccc(F)cc2F)cc1Cl. The zero-order valence-electron chi connectivity index (χ0n) is 18.7. The van der Waals surface area contributed by atoms with Crippen LogP contribution in [0.1, 0.15) is 41.0 Å². The van der Waals surface area contributed by atoms with Crippen molar-refractivity contribution in [2.75, 3.05) is 5.32 Å². The minimum atomic E-state index is -0.738. The molecule has 0 radical (unpaired) electrons. The van der Waals surface area contributed by atoms with Gasteiger partial charge in [0.25, 0.3) is 0 Å². The minimum absolute atomic E-state index is 0.0907. The molecule has 0 aliphatic heterocycles. The molecule has 0 spiro atoms. The van der Waals surface area contributed by atoms with E-state index in [-0.39, 0.29) is 22.1 Å². The third kappa shape index (κ3) is 4.83. The van der Waals surface area contributed by atoms with Crippen molar-refractivity contribution in [3.05, 3.63) is 99.8 Å². The van der Waals surface area contributed by atoms with Gasteiger partial charge in [0.15, 0.2) is 5.78 Å². The first-order valence-electron chi connectivity index (χ1n) is 10.4. The summed E-state index contributed by atoms with van der Waals surface area (Å²) in [6.07, 6.45) is 1.72. The number of carbonyl (C=O) groups excluding carboxylic acids is 1. The van der Waals surface area contributed by atoms with E-state index in [1.165, 1.54) is 12.1 Å². The van der Waals surface area contributed by atoms with Crippen LogP contribution in [0.5, 0.6) is 0 Å². The molecule has 3 N–H and O–H groups in total. The van der Waals surface area contributed by atoms with E-state index in [0.717, 1.165) is 17.7 Å². The number of aromatic nitrogens is 3. The summed E-state index contributed by atoms with van der Waals surface area (Å²) in [5.41, 5.74) is 8.76. The summed E-state index contributed by atoms with van der Waals surface area (Å²) in [6, 6.07) is 13.3. The third-order valence-corrected chi connectivity index (χ3v) is 5.62. The van der Waals surface area contributed by atoms with E-state index in [1.54, 1.807) is 29.1 Å². The number of nitrogens with one attached hydrogen (secondary N) is 1. The first kappa shape index (κ1) is 23.5. The van der Waals surface area contributed by atoms with Crippen LogP contribution in [-0.2, 0) is 5.54 Å². The molecule has 3 aromatic carbocycles. The fraction of sp³-hybridized carbons (Fsp3) is 0.160. The molecule has 4 aromatic rings. The van der Waals surface area contributed by atoms with E-state index in [1.807, 2.05) is 32.9 Å². The van der Waals surface area contributed by atoms with Crippen LogP contribution in [0.25, 0.3) is 5.69 Å². The lowest BCUT2D eigenvalue weighted by Crippen LogP contribution is -2.29. The molecule has 9 heteroatoms. The van der Waals surface area contributed by atoms with Crippen LogP contribution in [0.3, 0.4) is 0 Å². The Bertz CT molecular complexity index is 1390. The summed E-state index contributed by atoms with van der Waals surface area (Å²) < 4.78 is 28.6. The summed E-state index contributed by atoms with van der Waals surface area (Å²) in [6.45, 7) is 5.49. The molecule has 174 valence electrons. The predicted molar refractivity (Wildman–Crippen MR) is 128 cm³/mol. The van der Waals surface area contributed by atoms with E-state index in [4.69, 9.17) is 17.3 Å². The average molecular weight is 482 g/mol. The number of carbonyl (C=O) groups is 1. The van der Waals surface area contributed by atoms with Crippen LogP contribution in [-0.4, -0.2) is 20.8 Å². The Kier molecular flexibility index (Phi) is 6.20. The molecule has 1 aromatic heterocycles. The Morgan fingerprint density at radius 3 is 2.47 bits per heavy atom. The number of halogens is 3. The lowest BCUT2D eigenvalue weighted by Gasteiger charge is -2.13. The number of anilines is 2. The lowest BCUT2D eigenvalue weighted by atomic mass is 9.98. The van der Waals surface area contributed by atoms with Crippen molar-refractivity contribution in [3.8, 4) is 5.69 Å². The third-order valence-electron chi connectivity index (χ3n) is 5.31. The monoisotopic (exact) mass is 481 g/mol. The number of nitrogens with zero attached hydrogens (tertiary/aromatic N) is 3. The highest BCUT2D eigenvalue weighted by Gasteiger charge is 2.20. The maximum absolute atomic E-state index is 13.9. The quantitative estimate of drug-likeness (QED) is 0.346. The van der Waals surface area contributed by atoms with Gasteiger partial charge in [-0.15, -0.1) is 5.10 Å². The molecule has 4 rings (SSSR count). The van der Waals surface area contributed by atoms with Crippen LogP contribution >= 0.6 is 11.6 Å². The van der Waals surface area contributed by atoms with Gasteiger partial charge in [-0.05, 0) is 68.8 Å². The summed E-state index contributed by atoms with van der Waals surface area (Å²) in [5, 5.41) is 11.3. The number of ketones is 1. The van der Waals surface area contributed by atoms with Gasteiger partial charge in [-0.25, -0.2) is 13.5 Å². The van der Waals surface area contributed by atoms with Crippen molar-refractivity contribution in [2.45, 2.75) is 26.3 Å². The molecule has 0 aliphatic rings. The Hall–Kier alpha value is -3.62. The van der Waals surface area contributed by atoms with Crippen LogP contribution in [0, 0.1) is 18.6 Å². The fourth-order valence-electron chi connectivity index (χ4n) is 3.35. The zero-order valence-corrected chi connectivity index (χ0v) is 19.5. The second-order valence-electron chi connectivity index (χ2n) is 8.54. The van der Waals surface area contributed by atoms with Crippen molar-refractivity contribution < 1.29 is 13.6 Å². The Morgan fingerprint density at radius 1 is 1.06 bits per heavy atom. The van der Waals surface area contributed by atoms with Crippen LogP contribution < -0.4 is 11.1 Å². The summed E-state index contributed by atoms with van der Waals surface area (Å²) in [7, 11) is 0. The summed E-state index contributed by atoms with van der Waals surface area (Å²) in [5.74, 6) is -1.69. The van der Waals surface area contributed by atoms with Gasteiger partial charge < -0.3 is 11.1 Å². The lowest BCUT2D eigenvalue weighted by molar-refractivity contribution is 0.103. The number of hydrogen-bond donors (Lipinski definition) is 2. The van der Waals surface area contributed by atoms with E-state index >= 15 is 0 Å². The van der Waals surface area contributed by atoms with Crippen molar-refractivity contribution in [1.29, 1.82) is 0 Å². The van der Waals surface area contributed by atoms with E-state index in [2.05, 4.69) is 15.6 Å². The van der Waals surface area contributed by atoms with Gasteiger partial charge in [0.2, 0.25) is 0 Å². The highest BCUT2D eigenvalue weighted by Crippen LogP contribution is 2.28. The average Bonchev–Trinajstić information content (AvgIpc) is 3.27. The number of benzene rings is 3. The zero-order chi connectivity index (χ0) is 24.6. The first-order valence-corrected chi connectivity index (χ1v) is 10.8. The second kappa shape index (κ2) is 8.96. The standard InChI is InChI=1S/C25H22ClF2N5O/c1-14-4-7-17(33-13-23(31-32-33)25(2,3)29)12-19(14)24(34)18-8-6-16(11-20(18)26)30-22-9-5-15(27)10-21(22)28/h4-13,30H,29H2,1-3H3. The first-order chi connectivity index (χ1) is 16.0. The van der Waals surface area contributed by atoms with Gasteiger partial charge in [0.05, 0.1) is 28.1 Å². The molecule has 0 atom stereocenters. The largest absolute Gasteiger partial charge is 0.353 e. The van der Waals surface area contributed by atoms with Gasteiger partial charge in [-0.2, -0.15) is 0 Å². The molecule has 0 amide bonds. The van der Waals surface area contributed by atoms with E-state index < -0.39 is 17.2 Å². The van der Waals surface area contributed by atoms with Crippen molar-refractivity contribution in [2.24, 2.45) is 5.73 Å². The maximum atomic E-state index is 13.9. The van der Waals surface area contributed by atoms with E-state index in [9.17, 15) is 13.6 Å². The van der Waals surface area contributed by atoms with E-state index in [0.29, 0.717) is 22.6 Å². The highest BCUT2D eigenvalue weighted by atomic mass is 35.5. The van der Waals surface area contributed by atoms with Crippen LogP contribution in [0.4, 0.5) is 20.2 Å². The molecular weight excluding hydrogens is 460 g/mol. The molecule has 0 fully saturated rings. The molecule has 0 bridgehead atoms. The molecule has 34 heavy (non-hydrogen) atoms. The molecule has 0 saturated carbocycles. The predicted octanol–water partition coefficient (Wildman–Crippen LogP) is 5.68. The Labute approximate surface area is 200 Å². The number of hydrogen-bond acceptors (Lipinski definition) is 5. The van der Waals surface area contributed by atoms with Gasteiger partial charge >= 0.3 is 0 Å². The van der Waals surface area contributed by atoms with Crippen molar-refractivity contribution >= 4 is 28.8 Å². The molecule has 0 aliphatic carbocycles. The molecule has 0 saturated heterocycles. The number of rotatable bonds is 6. The smallest absolute Gasteiger partial charge is 0.194 e. The summed E-state index contributed by atoms with van der Waals surface area (Å²) >= 11 is 6.41. The van der Waals surface area contributed by atoms with Crippen molar-refractivity contribution in [3.63, 3.8) is 0 Å². The van der Waals surface area contributed by atoms with Crippen LogP contribution in [0.15, 0.2) is 60.8 Å². The Morgan fingerprint density at radius 2 is 1.82 bits per heavy atom. The number of aryl methyl sites for hydroxylation is 1. The highest BCUT2D eigenvalue weighted by molar-refractivity contribution is 6.35. The molecule has 1 heterocycles. The van der Waals surface area contributed by atoms with Gasteiger partial charge in [0, 0.05) is 22.9 Å². The van der Waals surface area contributed by atoms with Gasteiger partial charge in [0.1, 0.15) is 17.3 Å². The van der Waals surface area contributed by atoms with Gasteiger partial charge in [-0.3, -0.25) is 4.79 Å². The van der Waals surface area contributed by atoms with Gasteiger partial charge in [-0.1, -0.05) is 22.9 Å². The summed E-state index contributed by atoms with van der Waals surface area (Å²) in [4.78, 5) is 13.3. The Balaban J connectivity index is 1.62. The molecule has 6 nitrogen and oxygen atoms in total. The molecular formula is C25H22ClF2N5O. The topological polar surface area (TPSA) is 85.8 Å². The minimum Gasteiger partial charge on any atom is -0.353 e. The second-order valence-corrected chi connectivity index (χ2v) is 8.95. The normalized spacial score (nSPS) is 11.5. The van der Waals surface area contributed by atoms with Crippen LogP contribution in [0.2, 0.25) is 5.02 Å².